The molecule has 0 aliphatic rings. The van der Waals surface area contributed by atoms with Crippen LogP contribution in [0, 0.1) is 11.8 Å². The molecule has 5 aromatic rings. The third kappa shape index (κ3) is 7.86. The van der Waals surface area contributed by atoms with E-state index in [-0.39, 0.29) is 6.79 Å². The van der Waals surface area contributed by atoms with E-state index >= 15 is 0 Å². The molecule has 0 aromatic heterocycles. The largest absolute Gasteiger partial charge is 0.458 e. The number of ether oxygens (including phenoxy) is 3. The maximum absolute atomic E-state index is 12.6. The van der Waals surface area contributed by atoms with E-state index in [1.165, 1.54) is 11.1 Å². The lowest BCUT2D eigenvalue weighted by Gasteiger charge is -2.09. The highest BCUT2D eigenvalue weighted by atomic mass is 16.7. The van der Waals surface area contributed by atoms with Gasteiger partial charge in [-0.25, -0.2) is 4.79 Å². The van der Waals surface area contributed by atoms with Crippen LogP contribution in [0.25, 0.3) is 0 Å². The van der Waals surface area contributed by atoms with Crippen LogP contribution in [0.15, 0.2) is 133 Å². The van der Waals surface area contributed by atoms with E-state index in [1.807, 2.05) is 84.9 Å². The summed E-state index contributed by atoms with van der Waals surface area (Å²) in [6, 6.07) is 42.2. The van der Waals surface area contributed by atoms with Crippen molar-refractivity contribution in [2.75, 3.05) is 6.79 Å². The molecule has 5 aromatic carbocycles. The maximum atomic E-state index is 12.6. The molecule has 0 N–H and O–H groups in total. The van der Waals surface area contributed by atoms with Crippen molar-refractivity contribution in [2.45, 2.75) is 12.8 Å². The van der Waals surface area contributed by atoms with E-state index in [4.69, 9.17) is 14.2 Å². The highest BCUT2D eigenvalue weighted by Gasteiger charge is 2.09. The first-order chi connectivity index (χ1) is 19.7. The molecule has 4 nitrogen and oxygen atoms in total. The van der Waals surface area contributed by atoms with Crippen LogP contribution < -0.4 is 14.2 Å². The fourth-order valence-electron chi connectivity index (χ4n) is 3.98. The minimum Gasteiger partial charge on any atom is -0.458 e. The predicted octanol–water partition coefficient (Wildman–Crippen LogP) is 7.51. The number of hydrogen-bond acceptors (Lipinski definition) is 4. The van der Waals surface area contributed by atoms with Gasteiger partial charge in [0.15, 0.2) is 0 Å². The summed E-state index contributed by atoms with van der Waals surface area (Å²) >= 11 is 0. The van der Waals surface area contributed by atoms with Crippen LogP contribution in [0.5, 0.6) is 17.2 Å². The number of esters is 1. The second-order valence-corrected chi connectivity index (χ2v) is 9.09. The first-order valence-corrected chi connectivity index (χ1v) is 13.1. The van der Waals surface area contributed by atoms with Crippen LogP contribution in [0.3, 0.4) is 0 Å². The fourth-order valence-corrected chi connectivity index (χ4v) is 3.98. The fraction of sp³-hybridized carbons (Fsp3) is 0.0833. The zero-order valence-corrected chi connectivity index (χ0v) is 22.0. The zero-order chi connectivity index (χ0) is 27.4. The molecule has 0 saturated heterocycles. The summed E-state index contributed by atoms with van der Waals surface area (Å²) in [6.45, 7) is 0.0372. The third-order valence-corrected chi connectivity index (χ3v) is 6.20. The number of aryl methyl sites for hydroxylation is 2. The van der Waals surface area contributed by atoms with Crippen LogP contribution >= 0.6 is 0 Å². The first-order valence-electron chi connectivity index (χ1n) is 13.1. The second kappa shape index (κ2) is 13.5. The molecule has 0 heterocycles. The normalized spacial score (nSPS) is 10.2. The Balaban J connectivity index is 1.06. The van der Waals surface area contributed by atoms with E-state index in [1.54, 1.807) is 24.3 Å². The molecule has 0 fully saturated rings. The average molecular weight is 525 g/mol. The Morgan fingerprint density at radius 2 is 0.975 bits per heavy atom. The van der Waals surface area contributed by atoms with Gasteiger partial charge in [0.25, 0.3) is 0 Å². The Morgan fingerprint density at radius 3 is 1.57 bits per heavy atom. The Hall–Kier alpha value is -5.27. The summed E-state index contributed by atoms with van der Waals surface area (Å²) in [4.78, 5) is 12.6. The summed E-state index contributed by atoms with van der Waals surface area (Å²) < 4.78 is 16.9. The molecule has 40 heavy (non-hydrogen) atoms. The summed E-state index contributed by atoms with van der Waals surface area (Å²) in [7, 11) is 0. The molecule has 0 amide bonds. The van der Waals surface area contributed by atoms with Crippen LogP contribution in [0.4, 0.5) is 0 Å². The van der Waals surface area contributed by atoms with Gasteiger partial charge in [0, 0.05) is 11.1 Å². The summed E-state index contributed by atoms with van der Waals surface area (Å²) in [5.74, 6) is 7.63. The minimum atomic E-state index is -0.421. The standard InChI is InChI=1S/C36H28O4/c37-36(40-35-23-17-31(18-24-35)14-12-29-9-5-2-6-10-29)32-19-25-34(26-20-32)39-27-38-33-21-15-30(16-22-33)13-11-28-7-3-1-4-8-28/h1-10,15-26H,12,14,27H2. The van der Waals surface area contributed by atoms with Crippen molar-refractivity contribution in [3.63, 3.8) is 0 Å². The van der Waals surface area contributed by atoms with Crippen molar-refractivity contribution in [3.05, 3.63) is 161 Å². The molecule has 0 radical (unpaired) electrons. The van der Waals surface area contributed by atoms with Crippen molar-refractivity contribution >= 4 is 5.97 Å². The highest BCUT2D eigenvalue weighted by molar-refractivity contribution is 5.91. The second-order valence-electron chi connectivity index (χ2n) is 9.09. The van der Waals surface area contributed by atoms with E-state index in [9.17, 15) is 4.79 Å². The van der Waals surface area contributed by atoms with Gasteiger partial charge in [-0.05, 0) is 96.8 Å². The highest BCUT2D eigenvalue weighted by Crippen LogP contribution is 2.18. The average Bonchev–Trinajstić information content (AvgIpc) is 3.02. The van der Waals surface area contributed by atoms with Crippen LogP contribution in [0.1, 0.15) is 32.6 Å². The van der Waals surface area contributed by atoms with Crippen molar-refractivity contribution in [1.29, 1.82) is 0 Å². The monoisotopic (exact) mass is 524 g/mol. The van der Waals surface area contributed by atoms with Gasteiger partial charge in [-0.3, -0.25) is 0 Å². The molecule has 0 atom stereocenters. The van der Waals surface area contributed by atoms with Gasteiger partial charge in [0.2, 0.25) is 6.79 Å². The van der Waals surface area contributed by atoms with Crippen LogP contribution in [0.2, 0.25) is 0 Å². The lowest BCUT2D eigenvalue weighted by Crippen LogP contribution is -2.09. The summed E-state index contributed by atoms with van der Waals surface area (Å²) in [5.41, 5.74) is 4.81. The van der Waals surface area contributed by atoms with Crippen LogP contribution in [-0.4, -0.2) is 12.8 Å². The van der Waals surface area contributed by atoms with Gasteiger partial charge in [-0.15, -0.1) is 0 Å². The summed E-state index contributed by atoms with van der Waals surface area (Å²) in [6.07, 6.45) is 1.90. The molecule has 0 spiro atoms. The van der Waals surface area contributed by atoms with Crippen LogP contribution in [-0.2, 0) is 12.8 Å². The molecule has 0 aliphatic carbocycles. The van der Waals surface area contributed by atoms with Crippen molar-refractivity contribution in [3.8, 4) is 29.1 Å². The molecule has 196 valence electrons. The van der Waals surface area contributed by atoms with Gasteiger partial charge >= 0.3 is 5.97 Å². The lowest BCUT2D eigenvalue weighted by molar-refractivity contribution is 0.0734. The SMILES string of the molecule is O=C(Oc1ccc(CCc2ccccc2)cc1)c1ccc(OCOc2ccc(C#Cc3ccccc3)cc2)cc1. The van der Waals surface area contributed by atoms with E-state index < -0.39 is 5.97 Å². The molecule has 0 aliphatic heterocycles. The Labute approximate surface area is 234 Å². The zero-order valence-electron chi connectivity index (χ0n) is 22.0. The molecule has 0 saturated carbocycles. The van der Waals surface area contributed by atoms with Gasteiger partial charge in [0.1, 0.15) is 17.2 Å². The Kier molecular flexibility index (Phi) is 8.89. The van der Waals surface area contributed by atoms with E-state index in [2.05, 4.69) is 36.1 Å². The molecular weight excluding hydrogens is 496 g/mol. The number of carbonyl (C=O) groups excluding carboxylic acids is 1. The number of hydrogen-bond donors (Lipinski definition) is 0. The minimum absolute atomic E-state index is 0.0372. The lowest BCUT2D eigenvalue weighted by atomic mass is 10.0. The first kappa shape index (κ1) is 26.3. The Morgan fingerprint density at radius 1 is 0.500 bits per heavy atom. The van der Waals surface area contributed by atoms with Gasteiger partial charge < -0.3 is 14.2 Å². The topological polar surface area (TPSA) is 44.8 Å². The summed E-state index contributed by atoms with van der Waals surface area (Å²) in [5, 5.41) is 0. The third-order valence-electron chi connectivity index (χ3n) is 6.20. The number of carbonyl (C=O) groups is 1. The molecule has 0 bridgehead atoms. The number of benzene rings is 5. The van der Waals surface area contributed by atoms with Gasteiger partial charge in [-0.1, -0.05) is 72.5 Å². The predicted molar refractivity (Wildman–Crippen MR) is 157 cm³/mol. The van der Waals surface area contributed by atoms with Gasteiger partial charge in [-0.2, -0.15) is 0 Å². The maximum Gasteiger partial charge on any atom is 0.343 e. The van der Waals surface area contributed by atoms with E-state index in [0.29, 0.717) is 22.8 Å². The molecule has 0 unspecified atom stereocenters. The van der Waals surface area contributed by atoms with Crippen molar-refractivity contribution in [1.82, 2.24) is 0 Å². The van der Waals surface area contributed by atoms with Crippen molar-refractivity contribution < 1.29 is 19.0 Å². The van der Waals surface area contributed by atoms with Gasteiger partial charge in [0.05, 0.1) is 5.56 Å². The van der Waals surface area contributed by atoms with Crippen molar-refractivity contribution in [2.24, 2.45) is 0 Å². The molecule has 4 heteroatoms. The molecular formula is C36H28O4. The smallest absolute Gasteiger partial charge is 0.343 e. The Bertz CT molecular complexity index is 1560. The van der Waals surface area contributed by atoms with E-state index in [0.717, 1.165) is 24.0 Å². The molecule has 5 rings (SSSR count). The number of rotatable bonds is 9. The quantitative estimate of drug-likeness (QED) is 0.0867.